The standard InChI is InChI=1S/C13H21NO6S/c1-8(6-21-9(2)15)11(16)14-7-13(19-3,20-4)5-10(14)12(17)18/h8,10H,5-7H2,1-4H3,(H,17,18)/t8?,10-/m0/s1. The summed E-state index contributed by atoms with van der Waals surface area (Å²) in [6, 6.07) is -0.984. The van der Waals surface area contributed by atoms with Gasteiger partial charge in [-0.15, -0.1) is 0 Å². The molecule has 1 rings (SSSR count). The number of ether oxygens (including phenoxy) is 2. The summed E-state index contributed by atoms with van der Waals surface area (Å²) in [7, 11) is 2.84. The Labute approximate surface area is 128 Å². The first-order valence-corrected chi connectivity index (χ1v) is 7.52. The van der Waals surface area contributed by atoms with E-state index >= 15 is 0 Å². The Morgan fingerprint density at radius 2 is 1.95 bits per heavy atom. The average Bonchev–Trinajstić information content (AvgIpc) is 2.84. The molecule has 1 aliphatic heterocycles. The molecule has 1 amide bonds. The van der Waals surface area contributed by atoms with Crippen molar-refractivity contribution >= 4 is 28.8 Å². The van der Waals surface area contributed by atoms with Gasteiger partial charge in [-0.05, 0) is 0 Å². The van der Waals surface area contributed by atoms with E-state index in [9.17, 15) is 19.5 Å². The fraction of sp³-hybridized carbons (Fsp3) is 0.769. The lowest BCUT2D eigenvalue weighted by Gasteiger charge is -2.27. The largest absolute Gasteiger partial charge is 0.480 e. The van der Waals surface area contributed by atoms with Gasteiger partial charge in [-0.2, -0.15) is 0 Å². The highest BCUT2D eigenvalue weighted by atomic mass is 32.2. The number of carbonyl (C=O) groups is 3. The van der Waals surface area contributed by atoms with Crippen molar-refractivity contribution in [2.75, 3.05) is 26.5 Å². The van der Waals surface area contributed by atoms with Crippen molar-refractivity contribution in [2.45, 2.75) is 32.1 Å². The summed E-state index contributed by atoms with van der Waals surface area (Å²) in [5, 5.41) is 9.22. The Morgan fingerprint density at radius 1 is 1.38 bits per heavy atom. The van der Waals surface area contributed by atoms with Crippen LogP contribution in [-0.4, -0.2) is 65.3 Å². The second-order valence-corrected chi connectivity index (χ2v) is 6.24. The lowest BCUT2D eigenvalue weighted by molar-refractivity contribution is -0.197. The fourth-order valence-electron chi connectivity index (χ4n) is 2.27. The van der Waals surface area contributed by atoms with Gasteiger partial charge in [0.25, 0.3) is 0 Å². The van der Waals surface area contributed by atoms with E-state index in [0.717, 1.165) is 11.8 Å². The number of carbonyl (C=O) groups excluding carboxylic acids is 2. The molecule has 1 heterocycles. The second kappa shape index (κ2) is 7.24. The third-order valence-corrected chi connectivity index (χ3v) is 4.64. The molecule has 0 aromatic heterocycles. The predicted octanol–water partition coefficient (Wildman–Crippen LogP) is 0.577. The Balaban J connectivity index is 2.85. The van der Waals surface area contributed by atoms with Crippen LogP contribution in [0, 0.1) is 5.92 Å². The van der Waals surface area contributed by atoms with Crippen molar-refractivity contribution in [3.8, 4) is 0 Å². The molecule has 120 valence electrons. The van der Waals surface area contributed by atoms with Crippen LogP contribution in [-0.2, 0) is 23.9 Å². The van der Waals surface area contributed by atoms with Crippen molar-refractivity contribution in [1.82, 2.24) is 4.90 Å². The number of likely N-dealkylation sites (tertiary alicyclic amines) is 1. The maximum Gasteiger partial charge on any atom is 0.326 e. The molecule has 1 aliphatic rings. The molecule has 1 saturated heterocycles. The molecule has 0 radical (unpaired) electrons. The molecule has 21 heavy (non-hydrogen) atoms. The summed E-state index contributed by atoms with van der Waals surface area (Å²) >= 11 is 1.05. The number of amides is 1. The maximum atomic E-state index is 12.4. The molecule has 0 saturated carbocycles. The number of thioether (sulfide) groups is 1. The van der Waals surface area contributed by atoms with Crippen LogP contribution in [0.4, 0.5) is 0 Å². The molecule has 2 atom stereocenters. The molecule has 1 unspecified atom stereocenters. The number of methoxy groups -OCH3 is 2. The van der Waals surface area contributed by atoms with Gasteiger partial charge in [0.1, 0.15) is 6.04 Å². The Morgan fingerprint density at radius 3 is 2.38 bits per heavy atom. The van der Waals surface area contributed by atoms with E-state index in [0.29, 0.717) is 5.75 Å². The number of rotatable bonds is 6. The SMILES string of the molecule is COC1(OC)C[C@@H](C(=O)O)N(C(=O)C(C)CSC(C)=O)C1. The molecule has 1 N–H and O–H groups in total. The molecule has 0 aromatic rings. The van der Waals surface area contributed by atoms with Crippen LogP contribution < -0.4 is 0 Å². The predicted molar refractivity (Wildman–Crippen MR) is 76.8 cm³/mol. The quantitative estimate of drug-likeness (QED) is 0.716. The highest BCUT2D eigenvalue weighted by molar-refractivity contribution is 8.13. The van der Waals surface area contributed by atoms with E-state index in [1.807, 2.05) is 0 Å². The minimum absolute atomic E-state index is 0.0604. The van der Waals surface area contributed by atoms with Crippen molar-refractivity contribution < 1.29 is 29.0 Å². The zero-order valence-corrected chi connectivity index (χ0v) is 13.4. The van der Waals surface area contributed by atoms with Crippen LogP contribution in [0.5, 0.6) is 0 Å². The van der Waals surface area contributed by atoms with Crippen LogP contribution in [0.15, 0.2) is 0 Å². The number of hydrogen-bond donors (Lipinski definition) is 1. The lowest BCUT2D eigenvalue weighted by Crippen LogP contribution is -2.44. The van der Waals surface area contributed by atoms with E-state index in [2.05, 4.69) is 0 Å². The maximum absolute atomic E-state index is 12.4. The third kappa shape index (κ3) is 4.18. The Hall–Kier alpha value is -1.12. The molecule has 0 aromatic carbocycles. The van der Waals surface area contributed by atoms with Crippen molar-refractivity contribution in [3.05, 3.63) is 0 Å². The van der Waals surface area contributed by atoms with Gasteiger partial charge in [0.15, 0.2) is 10.9 Å². The Bertz CT molecular complexity index is 423. The summed E-state index contributed by atoms with van der Waals surface area (Å²) in [6.45, 7) is 3.17. The Kier molecular flexibility index (Phi) is 6.18. The monoisotopic (exact) mass is 319 g/mol. The first kappa shape index (κ1) is 17.9. The second-order valence-electron chi connectivity index (χ2n) is 5.05. The molecule has 0 bridgehead atoms. The van der Waals surface area contributed by atoms with Crippen molar-refractivity contribution in [2.24, 2.45) is 5.92 Å². The van der Waals surface area contributed by atoms with Crippen molar-refractivity contribution in [3.63, 3.8) is 0 Å². The third-order valence-electron chi connectivity index (χ3n) is 3.56. The fourth-order valence-corrected chi connectivity index (χ4v) is 2.89. The zero-order chi connectivity index (χ0) is 16.2. The summed E-state index contributed by atoms with van der Waals surface area (Å²) in [4.78, 5) is 36.0. The number of nitrogens with zero attached hydrogens (tertiary/aromatic N) is 1. The van der Waals surface area contributed by atoms with Crippen LogP contribution >= 0.6 is 11.8 Å². The minimum atomic E-state index is -1.09. The minimum Gasteiger partial charge on any atom is -0.480 e. The molecular weight excluding hydrogens is 298 g/mol. The van der Waals surface area contributed by atoms with Gasteiger partial charge >= 0.3 is 5.97 Å². The highest BCUT2D eigenvalue weighted by Crippen LogP contribution is 2.32. The van der Waals surface area contributed by atoms with E-state index in [1.165, 1.54) is 26.0 Å². The molecule has 0 spiro atoms. The summed E-state index contributed by atoms with van der Waals surface area (Å²) < 4.78 is 10.5. The number of carboxylic acids is 1. The van der Waals surface area contributed by atoms with Crippen LogP contribution in [0.25, 0.3) is 0 Å². The van der Waals surface area contributed by atoms with Gasteiger partial charge in [-0.3, -0.25) is 9.59 Å². The van der Waals surface area contributed by atoms with Crippen LogP contribution in [0.1, 0.15) is 20.3 Å². The van der Waals surface area contributed by atoms with Gasteiger partial charge in [0.05, 0.1) is 6.54 Å². The summed E-state index contributed by atoms with van der Waals surface area (Å²) in [5.41, 5.74) is 0. The average molecular weight is 319 g/mol. The summed E-state index contributed by atoms with van der Waals surface area (Å²) in [6.07, 6.45) is 0.0770. The number of aliphatic carboxylic acids is 1. The number of hydrogen-bond acceptors (Lipinski definition) is 6. The number of carboxylic acid groups (broad SMARTS) is 1. The molecule has 0 aliphatic carbocycles. The van der Waals surface area contributed by atoms with E-state index in [1.54, 1.807) is 6.92 Å². The van der Waals surface area contributed by atoms with Gasteiger partial charge < -0.3 is 19.5 Å². The smallest absolute Gasteiger partial charge is 0.326 e. The summed E-state index contributed by atoms with van der Waals surface area (Å²) in [5.74, 6) is -2.63. The highest BCUT2D eigenvalue weighted by Gasteiger charge is 2.50. The first-order valence-electron chi connectivity index (χ1n) is 6.53. The molecule has 1 fully saturated rings. The van der Waals surface area contributed by atoms with E-state index in [-0.39, 0.29) is 24.0 Å². The topological polar surface area (TPSA) is 93.1 Å². The van der Waals surface area contributed by atoms with Gasteiger partial charge in [0, 0.05) is 39.2 Å². The van der Waals surface area contributed by atoms with E-state index in [4.69, 9.17) is 9.47 Å². The van der Waals surface area contributed by atoms with Crippen LogP contribution in [0.2, 0.25) is 0 Å². The van der Waals surface area contributed by atoms with Gasteiger partial charge in [0.2, 0.25) is 5.91 Å². The van der Waals surface area contributed by atoms with Crippen molar-refractivity contribution in [1.29, 1.82) is 0 Å². The van der Waals surface area contributed by atoms with E-state index < -0.39 is 23.7 Å². The molecular formula is C13H21NO6S. The molecule has 7 nitrogen and oxygen atoms in total. The zero-order valence-electron chi connectivity index (χ0n) is 12.6. The normalized spacial score (nSPS) is 22.1. The van der Waals surface area contributed by atoms with Gasteiger partial charge in [-0.1, -0.05) is 18.7 Å². The first-order chi connectivity index (χ1) is 9.76. The molecule has 8 heteroatoms. The van der Waals surface area contributed by atoms with Gasteiger partial charge in [-0.25, -0.2) is 4.79 Å². The lowest BCUT2D eigenvalue weighted by atomic mass is 10.1. The van der Waals surface area contributed by atoms with Crippen LogP contribution in [0.3, 0.4) is 0 Å².